The molecule has 5 rings (SSSR count). The van der Waals surface area contributed by atoms with E-state index in [0.29, 0.717) is 18.4 Å². The number of morpholine rings is 1. The molecule has 3 N–H and O–H groups in total. The molecule has 10 heteroatoms. The van der Waals surface area contributed by atoms with E-state index in [-0.39, 0.29) is 36.6 Å². The lowest BCUT2D eigenvalue weighted by Gasteiger charge is -2.26. The zero-order valence-electron chi connectivity index (χ0n) is 20.7. The first kappa shape index (κ1) is 28.4. The highest BCUT2D eigenvalue weighted by molar-refractivity contribution is 5.85. The lowest BCUT2D eigenvalue weighted by molar-refractivity contribution is -0.127. The summed E-state index contributed by atoms with van der Waals surface area (Å²) < 4.78 is 5.46. The fourth-order valence-corrected chi connectivity index (χ4v) is 4.50. The molecule has 1 saturated heterocycles. The lowest BCUT2D eigenvalue weighted by atomic mass is 9.85. The van der Waals surface area contributed by atoms with Gasteiger partial charge in [0, 0.05) is 56.1 Å². The summed E-state index contributed by atoms with van der Waals surface area (Å²) in [6, 6.07) is 8.46. The Balaban J connectivity index is 0.00000180. The third-order valence-corrected chi connectivity index (χ3v) is 6.95. The zero-order valence-corrected chi connectivity index (χ0v) is 22.3. The third-order valence-electron chi connectivity index (χ3n) is 6.95. The minimum Gasteiger partial charge on any atom is -0.379 e. The van der Waals surface area contributed by atoms with Gasteiger partial charge < -0.3 is 20.7 Å². The monoisotopic (exact) mass is 536 g/mol. The number of carbonyl (C=O) groups is 1. The molecule has 0 radical (unpaired) electrons. The number of hydrogen-bond acceptors (Lipinski definition) is 7. The van der Waals surface area contributed by atoms with Crippen molar-refractivity contribution in [1.82, 2.24) is 20.2 Å². The van der Waals surface area contributed by atoms with E-state index in [9.17, 15) is 4.79 Å². The number of carbonyl (C=O) groups excluding carboxylic acids is 1. The summed E-state index contributed by atoms with van der Waals surface area (Å²) in [4.78, 5) is 23.8. The van der Waals surface area contributed by atoms with Crippen molar-refractivity contribution >= 4 is 48.2 Å². The lowest BCUT2D eigenvalue weighted by Crippen LogP contribution is -2.35. The Kier molecular flexibility index (Phi) is 11.0. The Morgan fingerprint density at radius 1 is 1.08 bits per heavy atom. The van der Waals surface area contributed by atoms with E-state index in [1.165, 1.54) is 30.4 Å². The molecule has 36 heavy (non-hydrogen) atoms. The van der Waals surface area contributed by atoms with Crippen LogP contribution in [-0.4, -0.2) is 60.2 Å². The smallest absolute Gasteiger partial charge is 0.229 e. The van der Waals surface area contributed by atoms with Crippen LogP contribution in [0.15, 0.2) is 30.5 Å². The van der Waals surface area contributed by atoms with E-state index < -0.39 is 0 Å². The van der Waals surface area contributed by atoms with Crippen LogP contribution in [0.4, 0.5) is 17.5 Å². The highest BCUT2D eigenvalue weighted by Gasteiger charge is 2.28. The number of hydrogen-bond donors (Lipinski definition) is 3. The van der Waals surface area contributed by atoms with Crippen LogP contribution < -0.4 is 16.0 Å². The average Bonchev–Trinajstić information content (AvgIpc) is 3.64. The van der Waals surface area contributed by atoms with Gasteiger partial charge in [-0.2, -0.15) is 4.98 Å². The van der Waals surface area contributed by atoms with Gasteiger partial charge >= 0.3 is 0 Å². The molecule has 1 aromatic heterocycles. The number of anilines is 3. The molecule has 0 unspecified atom stereocenters. The maximum absolute atomic E-state index is 12.0. The van der Waals surface area contributed by atoms with Gasteiger partial charge in [-0.05, 0) is 55.7 Å². The molecule has 8 nitrogen and oxygen atoms in total. The van der Waals surface area contributed by atoms with Gasteiger partial charge in [-0.15, -0.1) is 24.8 Å². The Morgan fingerprint density at radius 3 is 2.61 bits per heavy atom. The molecule has 1 amide bonds. The fourth-order valence-electron chi connectivity index (χ4n) is 4.50. The molecule has 1 aliphatic heterocycles. The van der Waals surface area contributed by atoms with Crippen molar-refractivity contribution in [3.05, 3.63) is 41.6 Å². The highest BCUT2D eigenvalue weighted by Crippen LogP contribution is 2.42. The first-order valence-corrected chi connectivity index (χ1v) is 12.8. The standard InChI is InChI=1S/C26H36N6O2.2ClH/c33-25(21-5-2-6-21)28-11-3-10-27-24-23(20-8-9-20)17-29-26(31-24)30-22-7-1-4-19(16-22)18-32-12-14-34-15-13-32;;/h1,4,7,16-17,20-21H,2-3,5-6,8-15,18H2,(H,28,33)(H2,27,29,30,31);2*1H. The average molecular weight is 538 g/mol. The van der Waals surface area contributed by atoms with Gasteiger partial charge in [-0.25, -0.2) is 4.98 Å². The normalized spacial score (nSPS) is 17.8. The van der Waals surface area contributed by atoms with Crippen LogP contribution in [-0.2, 0) is 16.1 Å². The molecular weight excluding hydrogens is 499 g/mol. The summed E-state index contributed by atoms with van der Waals surface area (Å²) in [7, 11) is 0. The minimum atomic E-state index is 0. The predicted octanol–water partition coefficient (Wildman–Crippen LogP) is 4.49. The van der Waals surface area contributed by atoms with Crippen molar-refractivity contribution in [2.75, 3.05) is 50.0 Å². The quantitative estimate of drug-likeness (QED) is 0.364. The summed E-state index contributed by atoms with van der Waals surface area (Å²) in [5, 5.41) is 9.95. The van der Waals surface area contributed by atoms with Crippen molar-refractivity contribution in [2.24, 2.45) is 5.92 Å². The van der Waals surface area contributed by atoms with E-state index in [2.05, 4.69) is 50.1 Å². The van der Waals surface area contributed by atoms with Gasteiger partial charge in [-0.3, -0.25) is 9.69 Å². The number of aromatic nitrogens is 2. The molecule has 1 aromatic carbocycles. The molecular formula is C26H38Cl2N6O2. The summed E-state index contributed by atoms with van der Waals surface area (Å²) in [5.41, 5.74) is 3.46. The Labute approximate surface area is 226 Å². The second-order valence-corrected chi connectivity index (χ2v) is 9.68. The summed E-state index contributed by atoms with van der Waals surface area (Å²) in [6.45, 7) is 5.96. The number of benzene rings is 1. The molecule has 0 spiro atoms. The van der Waals surface area contributed by atoms with Gasteiger partial charge in [0.2, 0.25) is 11.9 Å². The fraction of sp³-hybridized carbons (Fsp3) is 0.577. The topological polar surface area (TPSA) is 91.4 Å². The van der Waals surface area contributed by atoms with E-state index in [4.69, 9.17) is 9.72 Å². The largest absolute Gasteiger partial charge is 0.379 e. The molecule has 3 fully saturated rings. The Hall–Kier alpha value is -2.13. The number of ether oxygens (including phenoxy) is 1. The molecule has 2 aromatic rings. The number of halogens is 2. The van der Waals surface area contributed by atoms with E-state index in [1.807, 2.05) is 6.20 Å². The van der Waals surface area contributed by atoms with Crippen LogP contribution in [0, 0.1) is 5.92 Å². The van der Waals surface area contributed by atoms with Crippen molar-refractivity contribution in [2.45, 2.75) is 51.0 Å². The molecule has 198 valence electrons. The molecule has 0 bridgehead atoms. The van der Waals surface area contributed by atoms with Crippen molar-refractivity contribution in [1.29, 1.82) is 0 Å². The van der Waals surface area contributed by atoms with Crippen LogP contribution in [0.3, 0.4) is 0 Å². The van der Waals surface area contributed by atoms with Gasteiger partial charge in [0.25, 0.3) is 0 Å². The van der Waals surface area contributed by atoms with Crippen LogP contribution in [0.5, 0.6) is 0 Å². The van der Waals surface area contributed by atoms with Gasteiger partial charge in [0.1, 0.15) is 5.82 Å². The Bertz CT molecular complexity index is 981. The second kappa shape index (κ2) is 14.0. The molecule has 3 aliphatic rings. The molecule has 0 atom stereocenters. The van der Waals surface area contributed by atoms with Gasteiger partial charge in [-0.1, -0.05) is 18.6 Å². The predicted molar refractivity (Wildman–Crippen MR) is 148 cm³/mol. The van der Waals surface area contributed by atoms with Crippen LogP contribution in [0.2, 0.25) is 0 Å². The number of nitrogens with one attached hydrogen (secondary N) is 3. The zero-order chi connectivity index (χ0) is 23.2. The van der Waals surface area contributed by atoms with Crippen molar-refractivity contribution in [3.8, 4) is 0 Å². The highest BCUT2D eigenvalue weighted by atomic mass is 35.5. The van der Waals surface area contributed by atoms with Crippen molar-refractivity contribution in [3.63, 3.8) is 0 Å². The van der Waals surface area contributed by atoms with Crippen LogP contribution in [0.25, 0.3) is 0 Å². The van der Waals surface area contributed by atoms with E-state index >= 15 is 0 Å². The SMILES string of the molecule is Cl.Cl.O=C(NCCCNc1nc(Nc2cccc(CN3CCOCC3)c2)ncc1C1CC1)C1CCC1. The first-order chi connectivity index (χ1) is 16.7. The third kappa shape index (κ3) is 7.93. The summed E-state index contributed by atoms with van der Waals surface area (Å²) >= 11 is 0. The van der Waals surface area contributed by atoms with Crippen LogP contribution in [0.1, 0.15) is 55.6 Å². The number of nitrogens with zero attached hydrogens (tertiary/aromatic N) is 3. The molecule has 2 aliphatic carbocycles. The van der Waals surface area contributed by atoms with Gasteiger partial charge in [0.05, 0.1) is 13.2 Å². The molecule has 2 saturated carbocycles. The van der Waals surface area contributed by atoms with Gasteiger partial charge in [0.15, 0.2) is 0 Å². The first-order valence-electron chi connectivity index (χ1n) is 12.8. The maximum atomic E-state index is 12.0. The van der Waals surface area contributed by atoms with E-state index in [0.717, 1.165) is 70.2 Å². The van der Waals surface area contributed by atoms with Crippen LogP contribution >= 0.6 is 24.8 Å². The van der Waals surface area contributed by atoms with Crippen molar-refractivity contribution < 1.29 is 9.53 Å². The maximum Gasteiger partial charge on any atom is 0.229 e. The Morgan fingerprint density at radius 2 is 1.89 bits per heavy atom. The molecule has 2 heterocycles. The van der Waals surface area contributed by atoms with E-state index in [1.54, 1.807) is 0 Å². The second-order valence-electron chi connectivity index (χ2n) is 9.68. The number of rotatable bonds is 11. The number of amides is 1. The minimum absolute atomic E-state index is 0. The summed E-state index contributed by atoms with van der Waals surface area (Å²) in [5.74, 6) is 2.54. The summed E-state index contributed by atoms with van der Waals surface area (Å²) in [6.07, 6.45) is 8.51.